The SMILES string of the molecule is C=CC(=O)Nc1cccc(Sc2cnc3[nH]cc(-c4cnn(CCC#N)c4)c3n2)c1. The summed E-state index contributed by atoms with van der Waals surface area (Å²) in [5.41, 5.74) is 3.92. The number of fused-ring (bicyclic) bond motifs is 1. The predicted octanol–water partition coefficient (Wildman–Crippen LogP) is 4.01. The fourth-order valence-corrected chi connectivity index (χ4v) is 3.70. The molecule has 0 unspecified atom stereocenters. The Balaban J connectivity index is 1.59. The summed E-state index contributed by atoms with van der Waals surface area (Å²) >= 11 is 1.45. The Bertz CT molecular complexity index is 1270. The second-order valence-corrected chi connectivity index (χ2v) is 7.43. The van der Waals surface area contributed by atoms with E-state index in [0.29, 0.717) is 24.3 Å². The summed E-state index contributed by atoms with van der Waals surface area (Å²) in [6, 6.07) is 9.61. The maximum absolute atomic E-state index is 11.5. The average Bonchev–Trinajstić information content (AvgIpc) is 3.38. The third kappa shape index (κ3) is 4.24. The van der Waals surface area contributed by atoms with Crippen LogP contribution in [0.1, 0.15) is 6.42 Å². The number of carbonyl (C=O) groups is 1. The molecule has 0 spiro atoms. The molecule has 0 saturated carbocycles. The zero-order valence-electron chi connectivity index (χ0n) is 15.9. The van der Waals surface area contributed by atoms with Crippen molar-refractivity contribution >= 4 is 34.5 Å². The minimum absolute atomic E-state index is 0.259. The van der Waals surface area contributed by atoms with E-state index in [2.05, 4.69) is 33.0 Å². The minimum atomic E-state index is -0.259. The molecule has 3 aromatic heterocycles. The molecule has 30 heavy (non-hydrogen) atoms. The lowest BCUT2D eigenvalue weighted by atomic mass is 10.2. The van der Waals surface area contributed by atoms with E-state index in [1.165, 1.54) is 17.8 Å². The van der Waals surface area contributed by atoms with Crippen molar-refractivity contribution in [1.82, 2.24) is 24.7 Å². The molecule has 9 heteroatoms. The first-order valence-electron chi connectivity index (χ1n) is 9.11. The third-order valence-electron chi connectivity index (χ3n) is 4.27. The van der Waals surface area contributed by atoms with Crippen LogP contribution < -0.4 is 5.32 Å². The Morgan fingerprint density at radius 3 is 3.13 bits per heavy atom. The fraction of sp³-hybridized carbons (Fsp3) is 0.0952. The van der Waals surface area contributed by atoms with Crippen LogP contribution in [0, 0.1) is 11.3 Å². The number of nitrogens with zero attached hydrogens (tertiary/aromatic N) is 5. The van der Waals surface area contributed by atoms with Crippen LogP contribution in [-0.2, 0) is 11.3 Å². The van der Waals surface area contributed by atoms with E-state index < -0.39 is 0 Å². The first-order valence-corrected chi connectivity index (χ1v) is 9.93. The predicted molar refractivity (Wildman–Crippen MR) is 115 cm³/mol. The van der Waals surface area contributed by atoms with Crippen molar-refractivity contribution in [2.75, 3.05) is 5.32 Å². The second-order valence-electron chi connectivity index (χ2n) is 6.33. The van der Waals surface area contributed by atoms with E-state index in [9.17, 15) is 4.79 Å². The Labute approximate surface area is 176 Å². The molecule has 0 bridgehead atoms. The number of nitriles is 1. The molecule has 0 aliphatic carbocycles. The van der Waals surface area contributed by atoms with Gasteiger partial charge in [-0.05, 0) is 24.3 Å². The van der Waals surface area contributed by atoms with Crippen LogP contribution in [0.3, 0.4) is 0 Å². The molecular formula is C21H17N7OS. The summed E-state index contributed by atoms with van der Waals surface area (Å²) in [4.78, 5) is 24.8. The third-order valence-corrected chi connectivity index (χ3v) is 5.16. The Morgan fingerprint density at radius 1 is 1.40 bits per heavy atom. The number of benzene rings is 1. The van der Waals surface area contributed by atoms with Crippen LogP contribution in [0.25, 0.3) is 22.3 Å². The number of rotatable bonds is 7. The number of carbonyl (C=O) groups excluding carboxylic acids is 1. The fourth-order valence-electron chi connectivity index (χ4n) is 2.89. The Morgan fingerprint density at radius 2 is 2.30 bits per heavy atom. The molecule has 8 nitrogen and oxygen atoms in total. The monoisotopic (exact) mass is 415 g/mol. The highest BCUT2D eigenvalue weighted by molar-refractivity contribution is 7.99. The number of aromatic nitrogens is 5. The zero-order chi connectivity index (χ0) is 20.9. The van der Waals surface area contributed by atoms with Gasteiger partial charge >= 0.3 is 0 Å². The zero-order valence-corrected chi connectivity index (χ0v) is 16.7. The molecule has 1 amide bonds. The van der Waals surface area contributed by atoms with Gasteiger partial charge in [0.2, 0.25) is 5.91 Å². The number of anilines is 1. The number of hydrogen-bond acceptors (Lipinski definition) is 6. The number of H-pyrrole nitrogens is 1. The van der Waals surface area contributed by atoms with Crippen LogP contribution in [0.5, 0.6) is 0 Å². The first-order chi connectivity index (χ1) is 14.7. The van der Waals surface area contributed by atoms with Gasteiger partial charge in [-0.25, -0.2) is 9.97 Å². The van der Waals surface area contributed by atoms with Crippen molar-refractivity contribution in [2.45, 2.75) is 22.9 Å². The lowest BCUT2D eigenvalue weighted by Crippen LogP contribution is -2.06. The Kier molecular flexibility index (Phi) is 5.59. The van der Waals surface area contributed by atoms with Gasteiger partial charge in [-0.2, -0.15) is 10.4 Å². The van der Waals surface area contributed by atoms with E-state index >= 15 is 0 Å². The van der Waals surface area contributed by atoms with Gasteiger partial charge in [-0.15, -0.1) is 0 Å². The quantitative estimate of drug-likeness (QED) is 0.441. The van der Waals surface area contributed by atoms with E-state index in [0.717, 1.165) is 26.6 Å². The smallest absolute Gasteiger partial charge is 0.247 e. The van der Waals surface area contributed by atoms with E-state index in [1.807, 2.05) is 36.7 Å². The molecule has 148 valence electrons. The normalized spacial score (nSPS) is 10.6. The molecule has 3 heterocycles. The highest BCUT2D eigenvalue weighted by atomic mass is 32.2. The largest absolute Gasteiger partial charge is 0.344 e. The van der Waals surface area contributed by atoms with Gasteiger partial charge in [-0.1, -0.05) is 24.4 Å². The molecule has 4 aromatic rings. The standard InChI is InChI=1S/C21H17N7OS/c1-2-18(29)26-15-5-3-6-16(9-15)30-19-12-24-21-20(27-19)17(11-23-21)14-10-25-28(13-14)8-4-7-22/h2-3,5-6,9-13H,1,4,8H2,(H,23,24)(H,26,29). The van der Waals surface area contributed by atoms with Gasteiger partial charge < -0.3 is 10.3 Å². The molecule has 4 rings (SSSR count). The van der Waals surface area contributed by atoms with Crippen molar-refractivity contribution in [3.05, 3.63) is 61.7 Å². The maximum Gasteiger partial charge on any atom is 0.247 e. The van der Waals surface area contributed by atoms with Crippen molar-refractivity contribution in [1.29, 1.82) is 5.26 Å². The number of amides is 1. The Hall–Kier alpha value is -3.90. The van der Waals surface area contributed by atoms with Crippen LogP contribution in [0.2, 0.25) is 0 Å². The molecule has 0 aliphatic rings. The summed E-state index contributed by atoms with van der Waals surface area (Å²) in [6.45, 7) is 4.01. The van der Waals surface area contributed by atoms with Gasteiger partial charge in [0.15, 0.2) is 5.65 Å². The summed E-state index contributed by atoms with van der Waals surface area (Å²) in [7, 11) is 0. The van der Waals surface area contributed by atoms with Gasteiger partial charge in [-0.3, -0.25) is 9.48 Å². The van der Waals surface area contributed by atoms with E-state index in [1.54, 1.807) is 17.1 Å². The lowest BCUT2D eigenvalue weighted by molar-refractivity contribution is -0.111. The molecular weight excluding hydrogens is 398 g/mol. The average molecular weight is 415 g/mol. The molecule has 0 fully saturated rings. The molecule has 1 aromatic carbocycles. The molecule has 0 atom stereocenters. The van der Waals surface area contributed by atoms with Crippen molar-refractivity contribution in [3.63, 3.8) is 0 Å². The number of aryl methyl sites for hydroxylation is 1. The van der Waals surface area contributed by atoms with E-state index in [-0.39, 0.29) is 5.91 Å². The van der Waals surface area contributed by atoms with Gasteiger partial charge in [0.25, 0.3) is 0 Å². The van der Waals surface area contributed by atoms with Gasteiger partial charge in [0.1, 0.15) is 10.5 Å². The minimum Gasteiger partial charge on any atom is -0.344 e. The molecule has 0 saturated heterocycles. The van der Waals surface area contributed by atoms with Gasteiger partial charge in [0.05, 0.1) is 31.4 Å². The van der Waals surface area contributed by atoms with Crippen molar-refractivity contribution < 1.29 is 4.79 Å². The molecule has 0 aliphatic heterocycles. The molecule has 0 radical (unpaired) electrons. The maximum atomic E-state index is 11.5. The van der Waals surface area contributed by atoms with Crippen LogP contribution in [-0.4, -0.2) is 30.6 Å². The highest BCUT2D eigenvalue weighted by Crippen LogP contribution is 2.31. The highest BCUT2D eigenvalue weighted by Gasteiger charge is 2.12. The topological polar surface area (TPSA) is 112 Å². The van der Waals surface area contributed by atoms with Gasteiger partial charge in [0, 0.05) is 34.1 Å². The van der Waals surface area contributed by atoms with E-state index in [4.69, 9.17) is 10.2 Å². The summed E-state index contributed by atoms with van der Waals surface area (Å²) < 4.78 is 1.74. The van der Waals surface area contributed by atoms with Crippen LogP contribution in [0.4, 0.5) is 5.69 Å². The second kappa shape index (κ2) is 8.63. The first kappa shape index (κ1) is 19.4. The van der Waals surface area contributed by atoms with Crippen molar-refractivity contribution in [3.8, 4) is 17.2 Å². The summed E-state index contributed by atoms with van der Waals surface area (Å²) in [5.74, 6) is -0.259. The van der Waals surface area contributed by atoms with Crippen LogP contribution in [0.15, 0.2) is 71.6 Å². The molecule has 2 N–H and O–H groups in total. The van der Waals surface area contributed by atoms with Crippen LogP contribution >= 0.6 is 11.8 Å². The summed E-state index contributed by atoms with van der Waals surface area (Å²) in [5, 5.41) is 16.5. The summed E-state index contributed by atoms with van der Waals surface area (Å²) in [6.07, 6.45) is 8.85. The lowest BCUT2D eigenvalue weighted by Gasteiger charge is -2.05. The van der Waals surface area contributed by atoms with Crippen molar-refractivity contribution in [2.24, 2.45) is 0 Å². The number of hydrogen-bond donors (Lipinski definition) is 2. The number of nitrogens with one attached hydrogen (secondary N) is 2. The number of aromatic amines is 1.